The Morgan fingerprint density at radius 3 is 2.65 bits per heavy atom. The van der Waals surface area contributed by atoms with Gasteiger partial charge < -0.3 is 15.5 Å². The molecule has 5 heteroatoms. The number of hydrogen-bond acceptors (Lipinski definition) is 3. The number of aryl methyl sites for hydroxylation is 1. The number of nitrogens with one attached hydrogen (secondary N) is 1. The molecule has 0 heterocycles. The van der Waals surface area contributed by atoms with Gasteiger partial charge in [-0.2, -0.15) is 0 Å². The van der Waals surface area contributed by atoms with E-state index in [0.717, 1.165) is 5.56 Å². The lowest BCUT2D eigenvalue weighted by molar-refractivity contribution is -0.119. The zero-order valence-electron chi connectivity index (χ0n) is 9.77. The van der Waals surface area contributed by atoms with E-state index in [1.165, 1.54) is 6.92 Å². The Hall–Kier alpha value is -1.10. The van der Waals surface area contributed by atoms with Crippen LogP contribution in [0.1, 0.15) is 24.2 Å². The van der Waals surface area contributed by atoms with Crippen molar-refractivity contribution < 1.29 is 15.0 Å². The third-order valence-corrected chi connectivity index (χ3v) is 2.87. The SMILES string of the molecule is CC(=O)NCC(O)C(O)c1ccc(Cl)c(C)c1. The maximum absolute atomic E-state index is 10.7. The van der Waals surface area contributed by atoms with Gasteiger partial charge in [-0.3, -0.25) is 4.79 Å². The third kappa shape index (κ3) is 4.00. The smallest absolute Gasteiger partial charge is 0.216 e. The molecule has 0 radical (unpaired) electrons. The number of amides is 1. The van der Waals surface area contributed by atoms with Crippen LogP contribution in [0.15, 0.2) is 18.2 Å². The van der Waals surface area contributed by atoms with E-state index >= 15 is 0 Å². The van der Waals surface area contributed by atoms with E-state index in [1.54, 1.807) is 18.2 Å². The number of rotatable bonds is 4. The third-order valence-electron chi connectivity index (χ3n) is 2.45. The van der Waals surface area contributed by atoms with Crippen LogP contribution in [-0.4, -0.2) is 28.8 Å². The van der Waals surface area contributed by atoms with E-state index in [1.807, 2.05) is 6.92 Å². The minimum atomic E-state index is -1.04. The summed E-state index contributed by atoms with van der Waals surface area (Å²) in [5, 5.41) is 22.6. The first-order chi connectivity index (χ1) is 7.91. The Morgan fingerprint density at radius 2 is 2.12 bits per heavy atom. The number of hydrogen-bond donors (Lipinski definition) is 3. The molecule has 0 aliphatic rings. The van der Waals surface area contributed by atoms with Gasteiger partial charge in [-0.15, -0.1) is 0 Å². The predicted octanol–water partition coefficient (Wildman–Crippen LogP) is 1.18. The highest BCUT2D eigenvalue weighted by Crippen LogP contribution is 2.22. The van der Waals surface area contributed by atoms with Crippen molar-refractivity contribution in [2.45, 2.75) is 26.1 Å². The molecule has 1 rings (SSSR count). The normalized spacial score (nSPS) is 14.2. The second kappa shape index (κ2) is 6.00. The molecule has 0 spiro atoms. The Morgan fingerprint density at radius 1 is 1.47 bits per heavy atom. The van der Waals surface area contributed by atoms with E-state index in [0.29, 0.717) is 10.6 Å². The fraction of sp³-hybridized carbons (Fsp3) is 0.417. The molecule has 17 heavy (non-hydrogen) atoms. The van der Waals surface area contributed by atoms with Crippen LogP contribution in [0.3, 0.4) is 0 Å². The van der Waals surface area contributed by atoms with E-state index in [-0.39, 0.29) is 12.5 Å². The number of aliphatic hydroxyl groups excluding tert-OH is 2. The number of halogens is 1. The van der Waals surface area contributed by atoms with Crippen LogP contribution in [-0.2, 0) is 4.79 Å². The standard InChI is InChI=1S/C12H16ClNO3/c1-7-5-9(3-4-10(7)13)12(17)11(16)6-14-8(2)15/h3-5,11-12,16-17H,6H2,1-2H3,(H,14,15). The summed E-state index contributed by atoms with van der Waals surface area (Å²) in [6.07, 6.45) is -2.09. The van der Waals surface area contributed by atoms with Crippen molar-refractivity contribution in [3.05, 3.63) is 34.3 Å². The molecule has 0 aliphatic carbocycles. The Kier molecular flexibility index (Phi) is 4.93. The van der Waals surface area contributed by atoms with Gasteiger partial charge in [-0.1, -0.05) is 23.7 Å². The quantitative estimate of drug-likeness (QED) is 0.759. The predicted molar refractivity (Wildman–Crippen MR) is 65.8 cm³/mol. The molecule has 1 aromatic carbocycles. The monoisotopic (exact) mass is 257 g/mol. The number of carbonyl (C=O) groups excluding carboxylic acids is 1. The Bertz CT molecular complexity index is 409. The summed E-state index contributed by atoms with van der Waals surface area (Å²) in [7, 11) is 0. The minimum Gasteiger partial charge on any atom is -0.388 e. The van der Waals surface area contributed by atoms with Gasteiger partial charge in [-0.25, -0.2) is 0 Å². The highest BCUT2D eigenvalue weighted by atomic mass is 35.5. The second-order valence-electron chi connectivity index (χ2n) is 3.96. The molecule has 0 aliphatic heterocycles. The van der Waals surface area contributed by atoms with Gasteiger partial charge in [0.15, 0.2) is 0 Å². The molecule has 3 N–H and O–H groups in total. The number of carbonyl (C=O) groups is 1. The van der Waals surface area contributed by atoms with Crippen LogP contribution in [0.5, 0.6) is 0 Å². The largest absolute Gasteiger partial charge is 0.388 e. The van der Waals surface area contributed by atoms with Crippen LogP contribution < -0.4 is 5.32 Å². The lowest BCUT2D eigenvalue weighted by Crippen LogP contribution is -2.34. The van der Waals surface area contributed by atoms with Gasteiger partial charge in [0.1, 0.15) is 12.2 Å². The summed E-state index contributed by atoms with van der Waals surface area (Å²) in [6, 6.07) is 5.03. The van der Waals surface area contributed by atoms with Gasteiger partial charge >= 0.3 is 0 Å². The molecule has 0 aromatic heterocycles. The maximum atomic E-state index is 10.7. The van der Waals surface area contributed by atoms with Crippen LogP contribution in [0.2, 0.25) is 5.02 Å². The molecule has 0 saturated carbocycles. The van der Waals surface area contributed by atoms with Gasteiger partial charge in [0.25, 0.3) is 0 Å². The van der Waals surface area contributed by atoms with Gasteiger partial charge in [0.05, 0.1) is 0 Å². The summed E-state index contributed by atoms with van der Waals surface area (Å²) in [5.74, 6) is -0.247. The van der Waals surface area contributed by atoms with E-state index in [2.05, 4.69) is 5.32 Å². The molecule has 2 atom stereocenters. The second-order valence-corrected chi connectivity index (χ2v) is 4.37. The van der Waals surface area contributed by atoms with Gasteiger partial charge in [-0.05, 0) is 24.1 Å². The van der Waals surface area contributed by atoms with Crippen LogP contribution in [0, 0.1) is 6.92 Å². The van der Waals surface area contributed by atoms with Crippen molar-refractivity contribution >= 4 is 17.5 Å². The van der Waals surface area contributed by atoms with Crippen molar-refractivity contribution in [1.29, 1.82) is 0 Å². The van der Waals surface area contributed by atoms with Crippen molar-refractivity contribution in [2.24, 2.45) is 0 Å². The number of aliphatic hydroxyl groups is 2. The molecular weight excluding hydrogens is 242 g/mol. The molecule has 2 unspecified atom stereocenters. The molecule has 1 aromatic rings. The van der Waals surface area contributed by atoms with Crippen molar-refractivity contribution in [3.63, 3.8) is 0 Å². The average Bonchev–Trinajstić information content (AvgIpc) is 2.28. The van der Waals surface area contributed by atoms with E-state index in [4.69, 9.17) is 11.6 Å². The maximum Gasteiger partial charge on any atom is 0.216 e. The minimum absolute atomic E-state index is 0.0121. The molecule has 0 fully saturated rings. The first-order valence-corrected chi connectivity index (χ1v) is 5.66. The number of benzene rings is 1. The van der Waals surface area contributed by atoms with Crippen molar-refractivity contribution in [3.8, 4) is 0 Å². The first-order valence-electron chi connectivity index (χ1n) is 5.28. The molecule has 0 saturated heterocycles. The molecule has 1 amide bonds. The average molecular weight is 258 g/mol. The van der Waals surface area contributed by atoms with Crippen LogP contribution in [0.4, 0.5) is 0 Å². The van der Waals surface area contributed by atoms with Gasteiger partial charge in [0, 0.05) is 18.5 Å². The fourth-order valence-corrected chi connectivity index (χ4v) is 1.55. The van der Waals surface area contributed by atoms with Gasteiger partial charge in [0.2, 0.25) is 5.91 Å². The van der Waals surface area contributed by atoms with E-state index < -0.39 is 12.2 Å². The molecule has 4 nitrogen and oxygen atoms in total. The van der Waals surface area contributed by atoms with Crippen molar-refractivity contribution in [1.82, 2.24) is 5.32 Å². The summed E-state index contributed by atoms with van der Waals surface area (Å²) < 4.78 is 0. The lowest BCUT2D eigenvalue weighted by Gasteiger charge is -2.19. The summed E-state index contributed by atoms with van der Waals surface area (Å²) in [6.45, 7) is 3.18. The zero-order chi connectivity index (χ0) is 13.0. The topological polar surface area (TPSA) is 69.6 Å². The van der Waals surface area contributed by atoms with Crippen molar-refractivity contribution in [2.75, 3.05) is 6.54 Å². The van der Waals surface area contributed by atoms with Crippen LogP contribution >= 0.6 is 11.6 Å². The highest BCUT2D eigenvalue weighted by Gasteiger charge is 2.18. The van der Waals surface area contributed by atoms with Crippen LogP contribution in [0.25, 0.3) is 0 Å². The molecule has 94 valence electrons. The highest BCUT2D eigenvalue weighted by molar-refractivity contribution is 6.31. The first kappa shape index (κ1) is 14.0. The Labute approximate surface area is 105 Å². The van der Waals surface area contributed by atoms with E-state index in [9.17, 15) is 15.0 Å². The molecule has 0 bridgehead atoms. The molecular formula is C12H16ClNO3. The Balaban J connectivity index is 2.70. The summed E-state index contributed by atoms with van der Waals surface area (Å²) in [5.41, 5.74) is 1.40. The summed E-state index contributed by atoms with van der Waals surface area (Å²) in [4.78, 5) is 10.7. The lowest BCUT2D eigenvalue weighted by atomic mass is 10.0. The fourth-order valence-electron chi connectivity index (χ4n) is 1.43. The zero-order valence-corrected chi connectivity index (χ0v) is 10.5. The summed E-state index contributed by atoms with van der Waals surface area (Å²) >= 11 is 5.87.